The zero-order chi connectivity index (χ0) is 15.1. The zero-order valence-corrected chi connectivity index (χ0v) is 12.7. The molecule has 0 saturated heterocycles. The van der Waals surface area contributed by atoms with Crippen LogP contribution in [0, 0.1) is 6.92 Å². The minimum atomic E-state index is -1.01. The number of carboxylic acid groups (broad SMARTS) is 1. The molecule has 0 aliphatic rings. The minimum Gasteiger partial charge on any atom is -0.480 e. The number of rotatable bonds is 7. The Morgan fingerprint density at radius 3 is 2.75 bits per heavy atom. The number of nitrogens with zero attached hydrogens (tertiary/aromatic N) is 1. The van der Waals surface area contributed by atoms with Crippen molar-refractivity contribution in [3.05, 3.63) is 23.7 Å². The molecule has 0 bridgehead atoms. The van der Waals surface area contributed by atoms with Gasteiger partial charge in [-0.3, -0.25) is 0 Å². The first-order chi connectivity index (χ1) is 9.45. The molecule has 0 aliphatic carbocycles. The van der Waals surface area contributed by atoms with E-state index in [2.05, 4.69) is 5.32 Å². The Labute approximate surface area is 122 Å². The highest BCUT2D eigenvalue weighted by atomic mass is 32.2. The highest BCUT2D eigenvalue weighted by Gasteiger charge is 2.21. The highest BCUT2D eigenvalue weighted by molar-refractivity contribution is 7.98. The van der Waals surface area contributed by atoms with E-state index in [1.807, 2.05) is 13.2 Å². The molecule has 1 rings (SSSR count). The van der Waals surface area contributed by atoms with Crippen LogP contribution in [0.5, 0.6) is 0 Å². The van der Waals surface area contributed by atoms with E-state index in [1.165, 1.54) is 4.90 Å². The quantitative estimate of drug-likeness (QED) is 0.804. The van der Waals surface area contributed by atoms with Gasteiger partial charge in [-0.1, -0.05) is 0 Å². The Kier molecular flexibility index (Phi) is 6.44. The van der Waals surface area contributed by atoms with Crippen molar-refractivity contribution in [2.75, 3.05) is 19.1 Å². The van der Waals surface area contributed by atoms with Crippen molar-refractivity contribution in [3.63, 3.8) is 0 Å². The van der Waals surface area contributed by atoms with Gasteiger partial charge in [-0.15, -0.1) is 0 Å². The van der Waals surface area contributed by atoms with Crippen molar-refractivity contribution in [2.45, 2.75) is 25.9 Å². The predicted octanol–water partition coefficient (Wildman–Crippen LogP) is 1.94. The first-order valence-corrected chi connectivity index (χ1v) is 7.61. The van der Waals surface area contributed by atoms with Crippen LogP contribution in [0.25, 0.3) is 0 Å². The fourth-order valence-electron chi connectivity index (χ4n) is 1.65. The molecule has 0 radical (unpaired) electrons. The van der Waals surface area contributed by atoms with Gasteiger partial charge in [0.05, 0.1) is 12.8 Å². The summed E-state index contributed by atoms with van der Waals surface area (Å²) in [5.74, 6) is 0.420. The molecule has 0 aromatic carbocycles. The second kappa shape index (κ2) is 7.84. The van der Waals surface area contributed by atoms with Gasteiger partial charge in [0.1, 0.15) is 11.8 Å². The molecule has 0 fully saturated rings. The van der Waals surface area contributed by atoms with E-state index in [9.17, 15) is 9.59 Å². The van der Waals surface area contributed by atoms with E-state index in [0.717, 1.165) is 11.3 Å². The van der Waals surface area contributed by atoms with Gasteiger partial charge in [0.2, 0.25) is 0 Å². The SMILES string of the molecule is CSCC[C@H](NC(=O)N(C)Cc1ccoc1C)C(=O)O. The van der Waals surface area contributed by atoms with E-state index in [4.69, 9.17) is 9.52 Å². The number of aliphatic carboxylic acids is 1. The van der Waals surface area contributed by atoms with Crippen LogP contribution < -0.4 is 5.32 Å². The molecule has 2 amide bonds. The molecular formula is C13H20N2O4S. The number of hydrogen-bond donors (Lipinski definition) is 2. The van der Waals surface area contributed by atoms with Crippen LogP contribution in [-0.2, 0) is 11.3 Å². The number of aryl methyl sites for hydroxylation is 1. The number of thioether (sulfide) groups is 1. The molecule has 1 aromatic rings. The molecular weight excluding hydrogens is 280 g/mol. The third-order valence-electron chi connectivity index (χ3n) is 2.93. The van der Waals surface area contributed by atoms with Crippen LogP contribution in [-0.4, -0.2) is 47.1 Å². The average Bonchev–Trinajstić information content (AvgIpc) is 2.79. The number of carboxylic acids is 1. The molecule has 2 N–H and O–H groups in total. The summed E-state index contributed by atoms with van der Waals surface area (Å²) in [7, 11) is 1.62. The van der Waals surface area contributed by atoms with Crippen molar-refractivity contribution in [1.82, 2.24) is 10.2 Å². The van der Waals surface area contributed by atoms with Gasteiger partial charge in [-0.2, -0.15) is 11.8 Å². The van der Waals surface area contributed by atoms with E-state index in [-0.39, 0.29) is 0 Å². The van der Waals surface area contributed by atoms with E-state index in [0.29, 0.717) is 18.7 Å². The van der Waals surface area contributed by atoms with Crippen LogP contribution in [0.1, 0.15) is 17.7 Å². The van der Waals surface area contributed by atoms with Gasteiger partial charge < -0.3 is 19.7 Å². The van der Waals surface area contributed by atoms with Gasteiger partial charge >= 0.3 is 12.0 Å². The zero-order valence-electron chi connectivity index (χ0n) is 11.9. The van der Waals surface area contributed by atoms with Gasteiger partial charge in [0.15, 0.2) is 0 Å². The molecule has 20 heavy (non-hydrogen) atoms. The normalized spacial score (nSPS) is 11.9. The summed E-state index contributed by atoms with van der Waals surface area (Å²) in [5.41, 5.74) is 0.902. The lowest BCUT2D eigenvalue weighted by Gasteiger charge is -2.21. The lowest BCUT2D eigenvalue weighted by molar-refractivity contribution is -0.139. The van der Waals surface area contributed by atoms with Crippen molar-refractivity contribution in [3.8, 4) is 0 Å². The van der Waals surface area contributed by atoms with E-state index in [1.54, 1.807) is 31.1 Å². The number of carbonyl (C=O) groups is 2. The van der Waals surface area contributed by atoms with Crippen molar-refractivity contribution in [2.24, 2.45) is 0 Å². The Morgan fingerprint density at radius 1 is 1.55 bits per heavy atom. The summed E-state index contributed by atoms with van der Waals surface area (Å²) in [6.07, 6.45) is 3.87. The molecule has 1 aromatic heterocycles. The fourth-order valence-corrected chi connectivity index (χ4v) is 2.13. The number of urea groups is 1. The predicted molar refractivity (Wildman–Crippen MR) is 77.9 cm³/mol. The van der Waals surface area contributed by atoms with Crippen molar-refractivity contribution in [1.29, 1.82) is 0 Å². The van der Waals surface area contributed by atoms with Crippen molar-refractivity contribution < 1.29 is 19.1 Å². The first-order valence-electron chi connectivity index (χ1n) is 6.22. The topological polar surface area (TPSA) is 82.8 Å². The molecule has 1 heterocycles. The average molecular weight is 300 g/mol. The van der Waals surface area contributed by atoms with Gasteiger partial charge in [0.25, 0.3) is 0 Å². The second-order valence-electron chi connectivity index (χ2n) is 4.48. The summed E-state index contributed by atoms with van der Waals surface area (Å²) in [5, 5.41) is 11.6. The molecule has 0 spiro atoms. The van der Waals surface area contributed by atoms with Gasteiger partial charge in [-0.25, -0.2) is 9.59 Å². The lowest BCUT2D eigenvalue weighted by Crippen LogP contribution is -2.46. The highest BCUT2D eigenvalue weighted by Crippen LogP contribution is 2.11. The van der Waals surface area contributed by atoms with Gasteiger partial charge in [0, 0.05) is 12.6 Å². The maximum atomic E-state index is 12.0. The Morgan fingerprint density at radius 2 is 2.25 bits per heavy atom. The summed E-state index contributed by atoms with van der Waals surface area (Å²) in [4.78, 5) is 24.5. The number of nitrogens with one attached hydrogen (secondary N) is 1. The number of carbonyl (C=O) groups excluding carboxylic acids is 1. The summed E-state index contributed by atoms with van der Waals surface area (Å²) in [6.45, 7) is 2.20. The van der Waals surface area contributed by atoms with Crippen LogP contribution in [0.4, 0.5) is 4.79 Å². The Hall–Kier alpha value is -1.63. The third-order valence-corrected chi connectivity index (χ3v) is 3.57. The Balaban J connectivity index is 2.55. The molecule has 7 heteroatoms. The monoisotopic (exact) mass is 300 g/mol. The van der Waals surface area contributed by atoms with Crippen molar-refractivity contribution >= 4 is 23.8 Å². The Bertz CT molecular complexity index is 461. The van der Waals surface area contributed by atoms with E-state index >= 15 is 0 Å². The first kappa shape index (κ1) is 16.4. The van der Waals surface area contributed by atoms with Crippen LogP contribution in [0.2, 0.25) is 0 Å². The summed E-state index contributed by atoms with van der Waals surface area (Å²) >= 11 is 1.55. The standard InChI is InChI=1S/C13H20N2O4S/c1-9-10(4-6-19-9)8-15(2)13(18)14-11(12(16)17)5-7-20-3/h4,6,11H,5,7-8H2,1-3H3,(H,14,18)(H,16,17)/t11-/m0/s1. The minimum absolute atomic E-state index is 0.378. The smallest absolute Gasteiger partial charge is 0.326 e. The molecule has 0 unspecified atom stereocenters. The molecule has 0 saturated carbocycles. The number of furan rings is 1. The van der Waals surface area contributed by atoms with Crippen LogP contribution in [0.15, 0.2) is 16.7 Å². The summed E-state index contributed by atoms with van der Waals surface area (Å²) < 4.78 is 5.16. The van der Waals surface area contributed by atoms with Crippen LogP contribution in [0.3, 0.4) is 0 Å². The lowest BCUT2D eigenvalue weighted by atomic mass is 10.2. The molecule has 112 valence electrons. The van der Waals surface area contributed by atoms with Gasteiger partial charge in [-0.05, 0) is 31.4 Å². The van der Waals surface area contributed by atoms with Crippen LogP contribution >= 0.6 is 11.8 Å². The maximum absolute atomic E-state index is 12.0. The number of hydrogen-bond acceptors (Lipinski definition) is 4. The fraction of sp³-hybridized carbons (Fsp3) is 0.538. The third kappa shape index (κ3) is 4.80. The maximum Gasteiger partial charge on any atom is 0.326 e. The number of amides is 2. The molecule has 1 atom stereocenters. The second-order valence-corrected chi connectivity index (χ2v) is 5.47. The largest absolute Gasteiger partial charge is 0.480 e. The molecule has 6 nitrogen and oxygen atoms in total. The molecule has 0 aliphatic heterocycles. The summed E-state index contributed by atoms with van der Waals surface area (Å²) in [6, 6.07) is 0.531. The van der Waals surface area contributed by atoms with E-state index < -0.39 is 18.0 Å².